The fourth-order valence-electron chi connectivity index (χ4n) is 2.21. The normalized spacial score (nSPS) is 27.1. The Morgan fingerprint density at radius 2 is 2.07 bits per heavy atom. The number of carboxylic acids is 1. The molecule has 14 heavy (non-hydrogen) atoms. The molecule has 0 bridgehead atoms. The molecule has 1 aliphatic rings. The number of nitrogens with one attached hydrogen (secondary N) is 1. The van der Waals surface area contributed by atoms with Gasteiger partial charge in [0.15, 0.2) is 0 Å². The Kier molecular flexibility index (Phi) is 4.39. The van der Waals surface area contributed by atoms with Crippen LogP contribution in [0.5, 0.6) is 0 Å². The maximum Gasteiger partial charge on any atom is 0.306 e. The molecule has 2 unspecified atom stereocenters. The first-order valence-corrected chi connectivity index (χ1v) is 5.66. The zero-order valence-corrected chi connectivity index (χ0v) is 9.12. The number of hydrogen-bond donors (Lipinski definition) is 2. The molecule has 1 rings (SSSR count). The molecule has 0 aliphatic heterocycles. The molecular weight excluding hydrogens is 178 g/mol. The third kappa shape index (κ3) is 2.98. The van der Waals surface area contributed by atoms with Crippen molar-refractivity contribution in [2.24, 2.45) is 5.92 Å². The van der Waals surface area contributed by atoms with E-state index in [1.54, 1.807) is 0 Å². The van der Waals surface area contributed by atoms with Gasteiger partial charge in [-0.25, -0.2) is 0 Å². The molecular formula is C11H21NO2. The molecule has 1 aliphatic carbocycles. The molecule has 2 N–H and O–H groups in total. The van der Waals surface area contributed by atoms with Crippen molar-refractivity contribution in [1.82, 2.24) is 5.32 Å². The lowest BCUT2D eigenvalue weighted by Gasteiger charge is -2.20. The highest BCUT2D eigenvalue weighted by Gasteiger charge is 2.30. The van der Waals surface area contributed by atoms with Gasteiger partial charge in [0.05, 0.1) is 5.92 Å². The molecule has 0 aromatic carbocycles. The van der Waals surface area contributed by atoms with Crippen LogP contribution in [-0.2, 0) is 4.79 Å². The summed E-state index contributed by atoms with van der Waals surface area (Å²) >= 11 is 0. The van der Waals surface area contributed by atoms with Gasteiger partial charge in [-0.15, -0.1) is 0 Å². The van der Waals surface area contributed by atoms with Crippen molar-refractivity contribution in [1.29, 1.82) is 0 Å². The molecule has 0 spiro atoms. The Balaban J connectivity index is 2.31. The highest BCUT2D eigenvalue weighted by Crippen LogP contribution is 2.26. The van der Waals surface area contributed by atoms with E-state index in [2.05, 4.69) is 19.2 Å². The van der Waals surface area contributed by atoms with Gasteiger partial charge in [-0.2, -0.15) is 0 Å². The zero-order valence-electron chi connectivity index (χ0n) is 9.12. The summed E-state index contributed by atoms with van der Waals surface area (Å²) in [6.07, 6.45) is 4.93. The lowest BCUT2D eigenvalue weighted by atomic mass is 10.1. The second-order valence-corrected chi connectivity index (χ2v) is 4.23. The van der Waals surface area contributed by atoms with E-state index < -0.39 is 5.97 Å². The minimum Gasteiger partial charge on any atom is -0.481 e. The summed E-state index contributed by atoms with van der Waals surface area (Å²) in [5.41, 5.74) is 0. The van der Waals surface area contributed by atoms with E-state index in [0.29, 0.717) is 12.1 Å². The summed E-state index contributed by atoms with van der Waals surface area (Å²) in [6, 6.07) is 0.994. The Hall–Kier alpha value is -0.570. The van der Waals surface area contributed by atoms with Crippen LogP contribution in [0, 0.1) is 5.92 Å². The zero-order chi connectivity index (χ0) is 10.6. The average Bonchev–Trinajstić information content (AvgIpc) is 2.62. The fourth-order valence-corrected chi connectivity index (χ4v) is 2.21. The maximum absolute atomic E-state index is 10.7. The van der Waals surface area contributed by atoms with Gasteiger partial charge in [0.25, 0.3) is 0 Å². The topological polar surface area (TPSA) is 49.3 Å². The molecule has 1 fully saturated rings. The summed E-state index contributed by atoms with van der Waals surface area (Å²) < 4.78 is 0. The third-order valence-corrected chi connectivity index (χ3v) is 3.24. The van der Waals surface area contributed by atoms with E-state index >= 15 is 0 Å². The molecule has 0 aromatic heterocycles. The van der Waals surface area contributed by atoms with Crippen molar-refractivity contribution in [3.05, 3.63) is 0 Å². The van der Waals surface area contributed by atoms with Crippen molar-refractivity contribution in [2.75, 3.05) is 0 Å². The number of hydrogen-bond acceptors (Lipinski definition) is 2. The van der Waals surface area contributed by atoms with Gasteiger partial charge in [-0.1, -0.05) is 13.8 Å². The standard InChI is InChI=1S/C11H21NO2/c1-3-9(4-2)12-10-6-5-8(7-10)11(13)14/h8-10,12H,3-7H2,1-2H3,(H,13,14). The predicted octanol–water partition coefficient (Wildman–Crippen LogP) is 2.02. The fraction of sp³-hybridized carbons (Fsp3) is 0.909. The first kappa shape index (κ1) is 11.5. The van der Waals surface area contributed by atoms with E-state index in [4.69, 9.17) is 5.11 Å². The molecule has 0 heterocycles. The first-order valence-electron chi connectivity index (χ1n) is 5.66. The highest BCUT2D eigenvalue weighted by molar-refractivity contribution is 5.70. The van der Waals surface area contributed by atoms with E-state index in [0.717, 1.165) is 32.1 Å². The molecule has 3 heteroatoms. The summed E-state index contributed by atoms with van der Waals surface area (Å²) in [4.78, 5) is 10.7. The molecule has 3 nitrogen and oxygen atoms in total. The van der Waals surface area contributed by atoms with Crippen LogP contribution in [-0.4, -0.2) is 23.2 Å². The predicted molar refractivity (Wildman–Crippen MR) is 56.3 cm³/mol. The van der Waals surface area contributed by atoms with Crippen LogP contribution >= 0.6 is 0 Å². The summed E-state index contributed by atoms with van der Waals surface area (Å²) in [6.45, 7) is 4.34. The van der Waals surface area contributed by atoms with Gasteiger partial charge in [-0.3, -0.25) is 4.79 Å². The lowest BCUT2D eigenvalue weighted by Crippen LogP contribution is -2.36. The van der Waals surface area contributed by atoms with Crippen molar-refractivity contribution in [3.8, 4) is 0 Å². The average molecular weight is 199 g/mol. The Morgan fingerprint density at radius 3 is 2.50 bits per heavy atom. The van der Waals surface area contributed by atoms with Gasteiger partial charge in [0.1, 0.15) is 0 Å². The Bertz CT molecular complexity index is 190. The summed E-state index contributed by atoms with van der Waals surface area (Å²) in [5, 5.41) is 12.4. The largest absolute Gasteiger partial charge is 0.481 e. The van der Waals surface area contributed by atoms with Crippen LogP contribution in [0.15, 0.2) is 0 Å². The molecule has 0 aromatic rings. The van der Waals surface area contributed by atoms with Crippen molar-refractivity contribution in [3.63, 3.8) is 0 Å². The minimum atomic E-state index is -0.626. The second-order valence-electron chi connectivity index (χ2n) is 4.23. The van der Waals surface area contributed by atoms with E-state index in [-0.39, 0.29) is 5.92 Å². The van der Waals surface area contributed by atoms with E-state index in [1.165, 1.54) is 0 Å². The third-order valence-electron chi connectivity index (χ3n) is 3.24. The van der Waals surface area contributed by atoms with Crippen molar-refractivity contribution >= 4 is 5.97 Å². The van der Waals surface area contributed by atoms with E-state index in [9.17, 15) is 4.79 Å². The minimum absolute atomic E-state index is 0.109. The Labute approximate surface area is 85.9 Å². The second kappa shape index (κ2) is 5.35. The van der Waals surface area contributed by atoms with Crippen LogP contribution in [0.2, 0.25) is 0 Å². The van der Waals surface area contributed by atoms with Crippen LogP contribution in [0.1, 0.15) is 46.0 Å². The van der Waals surface area contributed by atoms with Crippen LogP contribution < -0.4 is 5.32 Å². The van der Waals surface area contributed by atoms with Crippen LogP contribution in [0.25, 0.3) is 0 Å². The van der Waals surface area contributed by atoms with Gasteiger partial charge < -0.3 is 10.4 Å². The first-order chi connectivity index (χ1) is 6.67. The number of carboxylic acid groups (broad SMARTS) is 1. The molecule has 1 saturated carbocycles. The number of carbonyl (C=O) groups is 1. The van der Waals surface area contributed by atoms with Gasteiger partial charge in [0.2, 0.25) is 0 Å². The molecule has 2 atom stereocenters. The van der Waals surface area contributed by atoms with Crippen LogP contribution in [0.3, 0.4) is 0 Å². The van der Waals surface area contributed by atoms with Gasteiger partial charge >= 0.3 is 5.97 Å². The van der Waals surface area contributed by atoms with Crippen molar-refractivity contribution < 1.29 is 9.90 Å². The van der Waals surface area contributed by atoms with Crippen molar-refractivity contribution in [2.45, 2.75) is 58.0 Å². The lowest BCUT2D eigenvalue weighted by molar-refractivity contribution is -0.141. The van der Waals surface area contributed by atoms with Gasteiger partial charge in [-0.05, 0) is 32.1 Å². The molecule has 0 radical (unpaired) electrons. The smallest absolute Gasteiger partial charge is 0.306 e. The number of rotatable bonds is 5. The summed E-state index contributed by atoms with van der Waals surface area (Å²) in [5.74, 6) is -0.735. The molecule has 0 saturated heterocycles. The SMILES string of the molecule is CCC(CC)NC1CCC(C(=O)O)C1. The highest BCUT2D eigenvalue weighted by atomic mass is 16.4. The monoisotopic (exact) mass is 199 g/mol. The molecule has 82 valence electrons. The summed E-state index contributed by atoms with van der Waals surface area (Å²) in [7, 11) is 0. The quantitative estimate of drug-likeness (QED) is 0.712. The maximum atomic E-state index is 10.7. The molecule has 0 amide bonds. The van der Waals surface area contributed by atoms with Crippen LogP contribution in [0.4, 0.5) is 0 Å². The Morgan fingerprint density at radius 1 is 1.43 bits per heavy atom. The van der Waals surface area contributed by atoms with E-state index in [1.807, 2.05) is 0 Å². The number of aliphatic carboxylic acids is 1. The van der Waals surface area contributed by atoms with Gasteiger partial charge in [0, 0.05) is 12.1 Å².